The van der Waals surface area contributed by atoms with Crippen molar-refractivity contribution in [1.29, 1.82) is 0 Å². The first-order valence-electron chi connectivity index (χ1n) is 13.1. The summed E-state index contributed by atoms with van der Waals surface area (Å²) >= 11 is 0. The second-order valence-corrected chi connectivity index (χ2v) is 9.61. The summed E-state index contributed by atoms with van der Waals surface area (Å²) in [4.78, 5) is 20.9. The average molecular weight is 545 g/mol. The summed E-state index contributed by atoms with van der Waals surface area (Å²) in [6.07, 6.45) is 3.54. The van der Waals surface area contributed by atoms with Crippen molar-refractivity contribution in [1.82, 2.24) is 40.6 Å². The molecule has 2 aliphatic heterocycles. The molecule has 12 heteroatoms. The van der Waals surface area contributed by atoms with Crippen LogP contribution in [0.15, 0.2) is 89.1 Å². The third kappa shape index (κ3) is 4.82. The highest BCUT2D eigenvalue weighted by molar-refractivity contribution is 6.00. The number of carboxylic acids is 1. The molecule has 2 aliphatic rings. The molecule has 41 heavy (non-hydrogen) atoms. The molecule has 0 atom stereocenters. The summed E-state index contributed by atoms with van der Waals surface area (Å²) in [7, 11) is 0. The summed E-state index contributed by atoms with van der Waals surface area (Å²) in [6, 6.07) is 20.7. The minimum Gasteiger partial charge on any atom is -0.478 e. The van der Waals surface area contributed by atoms with E-state index in [0.717, 1.165) is 60.4 Å². The first-order valence-corrected chi connectivity index (χ1v) is 13.1. The molecule has 12 nitrogen and oxygen atoms in total. The van der Waals surface area contributed by atoms with Gasteiger partial charge in [0.25, 0.3) is 0 Å². The summed E-state index contributed by atoms with van der Waals surface area (Å²) < 4.78 is 3.31. The van der Waals surface area contributed by atoms with Gasteiger partial charge < -0.3 is 15.7 Å². The smallest absolute Gasteiger partial charge is 0.335 e. The zero-order chi connectivity index (χ0) is 27.8. The minimum atomic E-state index is -1.05. The van der Waals surface area contributed by atoms with Gasteiger partial charge in [0.2, 0.25) is 0 Å². The van der Waals surface area contributed by atoms with E-state index in [2.05, 4.69) is 41.2 Å². The third-order valence-corrected chi connectivity index (χ3v) is 6.92. The van der Waals surface area contributed by atoms with Crippen molar-refractivity contribution in [3.05, 3.63) is 95.8 Å². The molecule has 7 rings (SSSR count). The molecule has 0 spiro atoms. The third-order valence-electron chi connectivity index (χ3n) is 6.92. The van der Waals surface area contributed by atoms with E-state index in [0.29, 0.717) is 22.5 Å². The van der Waals surface area contributed by atoms with Gasteiger partial charge in [-0.3, -0.25) is 9.98 Å². The molecule has 2 aromatic heterocycles. The van der Waals surface area contributed by atoms with Crippen LogP contribution in [0.1, 0.15) is 21.5 Å². The predicted molar refractivity (Wildman–Crippen MR) is 153 cm³/mol. The summed E-state index contributed by atoms with van der Waals surface area (Å²) in [5.74, 6) is 0.726. The van der Waals surface area contributed by atoms with Crippen LogP contribution in [0.4, 0.5) is 0 Å². The lowest BCUT2D eigenvalue weighted by Crippen LogP contribution is -2.19. The maximum absolute atomic E-state index is 12.0. The van der Waals surface area contributed by atoms with Gasteiger partial charge in [-0.2, -0.15) is 0 Å². The summed E-state index contributed by atoms with van der Waals surface area (Å²) in [6.45, 7) is 3.24. The zero-order valence-corrected chi connectivity index (χ0v) is 21.8. The highest BCUT2D eigenvalue weighted by Gasteiger charge is 2.16. The van der Waals surface area contributed by atoms with Gasteiger partial charge in [-0.25, -0.2) is 14.2 Å². The average Bonchev–Trinajstić information content (AvgIpc) is 3.84. The van der Waals surface area contributed by atoms with Gasteiger partial charge in [0, 0.05) is 35.3 Å². The fourth-order valence-electron chi connectivity index (χ4n) is 4.82. The second-order valence-electron chi connectivity index (χ2n) is 9.61. The Bertz CT molecular complexity index is 1690. The van der Waals surface area contributed by atoms with Crippen LogP contribution in [-0.2, 0) is 0 Å². The monoisotopic (exact) mass is 544 g/mol. The van der Waals surface area contributed by atoms with Crippen molar-refractivity contribution in [2.45, 2.75) is 0 Å². The zero-order valence-electron chi connectivity index (χ0n) is 21.8. The number of aliphatic imine (C=N–C) groups is 2. The Labute approximate surface area is 234 Å². The van der Waals surface area contributed by atoms with Crippen LogP contribution in [0, 0.1) is 0 Å². The van der Waals surface area contributed by atoms with Crippen LogP contribution >= 0.6 is 0 Å². The number of hydrogen-bond donors (Lipinski definition) is 3. The molecule has 0 fully saturated rings. The lowest BCUT2D eigenvalue weighted by molar-refractivity contribution is 0.0697. The number of benzene rings is 3. The van der Waals surface area contributed by atoms with Gasteiger partial charge in [-0.15, -0.1) is 10.2 Å². The topological polar surface area (TPSA) is 148 Å². The van der Waals surface area contributed by atoms with Gasteiger partial charge >= 0.3 is 5.97 Å². The molecule has 0 saturated carbocycles. The maximum Gasteiger partial charge on any atom is 0.335 e. The van der Waals surface area contributed by atoms with Gasteiger partial charge in [0.1, 0.15) is 23.1 Å². The number of nitrogens with one attached hydrogen (secondary N) is 2. The lowest BCUT2D eigenvalue weighted by Gasteiger charge is -2.05. The number of rotatable bonds is 7. The van der Waals surface area contributed by atoms with Crippen molar-refractivity contribution in [3.8, 4) is 33.9 Å². The van der Waals surface area contributed by atoms with Crippen LogP contribution in [0.5, 0.6) is 0 Å². The van der Waals surface area contributed by atoms with Gasteiger partial charge in [0.05, 0.1) is 42.4 Å². The van der Waals surface area contributed by atoms with Crippen LogP contribution < -0.4 is 10.6 Å². The van der Waals surface area contributed by atoms with E-state index in [9.17, 15) is 9.90 Å². The molecule has 0 saturated heterocycles. The highest BCUT2D eigenvalue weighted by Crippen LogP contribution is 2.27. The van der Waals surface area contributed by atoms with E-state index in [-0.39, 0.29) is 5.56 Å². The van der Waals surface area contributed by atoms with Crippen molar-refractivity contribution in [2.75, 3.05) is 26.2 Å². The molecular weight excluding hydrogens is 520 g/mol. The standard InChI is InChI=1S/C29H24N10O2/c40-29(41)22-14-20(25-16-38(36-34-25)23-5-1-18(2-6-23)27-30-9-10-31-27)13-21(15-22)26-17-39(37-35-26)24-7-3-19(4-8-24)28-32-11-12-33-28/h1-8,13-17H,9-12H2,(H,30,31)(H,32,33)(H,40,41). The van der Waals surface area contributed by atoms with Crippen LogP contribution in [0.2, 0.25) is 0 Å². The molecule has 3 N–H and O–H groups in total. The van der Waals surface area contributed by atoms with E-state index in [1.165, 1.54) is 0 Å². The van der Waals surface area contributed by atoms with Crippen LogP contribution in [0.3, 0.4) is 0 Å². The SMILES string of the molecule is O=C(O)c1cc(-c2cn(-c3ccc(C4=NCCN4)cc3)nn2)cc(-c2cn(-c3ccc(C4=NCCN4)cc3)nn2)c1. The van der Waals surface area contributed by atoms with Crippen LogP contribution in [-0.4, -0.2) is 78.9 Å². The van der Waals surface area contributed by atoms with E-state index in [1.54, 1.807) is 33.9 Å². The quantitative estimate of drug-likeness (QED) is 0.283. The number of amidine groups is 2. The highest BCUT2D eigenvalue weighted by atomic mass is 16.4. The molecule has 5 aromatic rings. The molecule has 4 heterocycles. The molecule has 0 aliphatic carbocycles. The van der Waals surface area contributed by atoms with Crippen LogP contribution in [0.25, 0.3) is 33.9 Å². The Kier molecular flexibility index (Phi) is 6.04. The van der Waals surface area contributed by atoms with Crippen molar-refractivity contribution >= 4 is 17.6 Å². The Morgan fingerprint density at radius 1 is 0.659 bits per heavy atom. The van der Waals surface area contributed by atoms with Gasteiger partial charge in [0.15, 0.2) is 0 Å². The van der Waals surface area contributed by atoms with Crippen molar-refractivity contribution in [3.63, 3.8) is 0 Å². The lowest BCUT2D eigenvalue weighted by atomic mass is 10.0. The molecule has 3 aromatic carbocycles. The molecule has 0 unspecified atom stereocenters. The van der Waals surface area contributed by atoms with Crippen molar-refractivity contribution < 1.29 is 9.90 Å². The number of hydrogen-bond acceptors (Lipinski definition) is 9. The molecular formula is C29H24N10O2. The first kappa shape index (κ1) is 24.4. The van der Waals surface area contributed by atoms with E-state index >= 15 is 0 Å². The Balaban J connectivity index is 1.17. The number of nitrogens with zero attached hydrogens (tertiary/aromatic N) is 8. The van der Waals surface area contributed by atoms with E-state index < -0.39 is 5.97 Å². The fourth-order valence-corrected chi connectivity index (χ4v) is 4.82. The molecule has 0 bridgehead atoms. The Morgan fingerprint density at radius 2 is 1.12 bits per heavy atom. The van der Waals surface area contributed by atoms with Gasteiger partial charge in [-0.1, -0.05) is 10.4 Å². The molecule has 0 radical (unpaired) electrons. The molecule has 202 valence electrons. The number of aromatic nitrogens is 6. The molecule has 0 amide bonds. The second kappa shape index (κ2) is 10.2. The Morgan fingerprint density at radius 3 is 1.51 bits per heavy atom. The van der Waals surface area contributed by atoms with E-state index in [1.807, 2.05) is 54.6 Å². The van der Waals surface area contributed by atoms with Gasteiger partial charge in [-0.05, 0) is 66.7 Å². The summed E-state index contributed by atoms with van der Waals surface area (Å²) in [5.41, 5.74) is 6.07. The number of aromatic carboxylic acids is 1. The number of carboxylic acid groups (broad SMARTS) is 1. The summed E-state index contributed by atoms with van der Waals surface area (Å²) in [5, 5.41) is 33.5. The minimum absolute atomic E-state index is 0.116. The normalized spacial score (nSPS) is 14.3. The largest absolute Gasteiger partial charge is 0.478 e. The maximum atomic E-state index is 12.0. The fraction of sp³-hybridized carbons (Fsp3) is 0.138. The van der Waals surface area contributed by atoms with E-state index in [4.69, 9.17) is 0 Å². The predicted octanol–water partition coefficient (Wildman–Crippen LogP) is 2.58. The Hall–Kier alpha value is -5.65. The first-order chi connectivity index (χ1) is 20.1. The van der Waals surface area contributed by atoms with Crippen molar-refractivity contribution in [2.24, 2.45) is 9.98 Å². The number of carbonyl (C=O) groups is 1.